The molecule has 0 bridgehead atoms. The molecule has 5 aromatic rings. The maximum absolute atomic E-state index is 14.9. The summed E-state index contributed by atoms with van der Waals surface area (Å²) in [6.45, 7) is 17.2. The van der Waals surface area contributed by atoms with Crippen molar-refractivity contribution in [3.8, 4) is 0 Å². The quantitative estimate of drug-likeness (QED) is 0.0529. The van der Waals surface area contributed by atoms with Crippen molar-refractivity contribution in [2.45, 2.75) is 207 Å². The number of alkyl halides is 15. The third-order valence-corrected chi connectivity index (χ3v) is 18.7. The van der Waals surface area contributed by atoms with Crippen molar-refractivity contribution in [3.63, 3.8) is 0 Å². The van der Waals surface area contributed by atoms with Gasteiger partial charge in [-0.15, -0.1) is 0 Å². The van der Waals surface area contributed by atoms with Crippen molar-refractivity contribution in [2.24, 2.45) is 30.9 Å². The van der Waals surface area contributed by atoms with Crippen LogP contribution in [0.1, 0.15) is 110 Å². The molecule has 0 saturated heterocycles. The first kappa shape index (κ1) is 85.7. The summed E-state index contributed by atoms with van der Waals surface area (Å²) in [4.78, 5) is 19.6. The minimum atomic E-state index is -4.29. The second-order valence-corrected chi connectivity index (χ2v) is 26.7. The Morgan fingerprint density at radius 2 is 0.607 bits per heavy atom. The van der Waals surface area contributed by atoms with Crippen LogP contribution in [-0.4, -0.2) is 149 Å². The molecule has 1 fully saturated rings. The molecule has 0 amide bonds. The number of benzene rings is 5. The predicted octanol–water partition coefficient (Wildman–Crippen LogP) is 17.2. The van der Waals surface area contributed by atoms with E-state index in [1.165, 1.54) is 159 Å². The summed E-state index contributed by atoms with van der Waals surface area (Å²) in [5, 5.41) is 26.3. The second-order valence-electron chi connectivity index (χ2n) is 26.7. The minimum Gasteiger partial charge on any atom is -0.468 e. The number of nitrogens with zero attached hydrogens (tertiary/aromatic N) is 5. The lowest BCUT2D eigenvalue weighted by Crippen LogP contribution is -2.58. The van der Waals surface area contributed by atoms with Crippen LogP contribution in [0, 0.1) is 35.0 Å². The van der Waals surface area contributed by atoms with Crippen molar-refractivity contribution in [1.82, 2.24) is 0 Å². The average Bonchev–Trinajstić information content (AvgIpc) is 1.74. The average molecular weight is 1540 g/mol. The number of aliphatic imine (C=N–C) groups is 5. The van der Waals surface area contributed by atoms with Gasteiger partial charge in [-0.1, -0.05) is 104 Å². The molecule has 0 radical (unpaired) electrons. The van der Waals surface area contributed by atoms with Crippen molar-refractivity contribution in [1.29, 1.82) is 0 Å². The van der Waals surface area contributed by atoms with E-state index in [9.17, 15) is 87.8 Å². The Balaban J connectivity index is 0.000000187. The zero-order chi connectivity index (χ0) is 80.3. The highest BCUT2D eigenvalue weighted by atomic mass is 19.3. The van der Waals surface area contributed by atoms with Gasteiger partial charge in [0, 0.05) is 68.4 Å². The SMILES string of the molecule is C=CC(F)(F)[C@H]1OC(C)=N[C@](C)(c2ccccc2F)[C@H]1F.C=CC(F)(F)[C@H]1OC(C)=N[C@](C)(c2ccccc2F)[C@H]1F.CC1=N[C@](C)(c2ccccc2F)[C@@H](F)[C@@H](C(F)(F)C(O)O)O1.CC1=N[C@](C)(c2ccccc2F)[C@@H](F)[C@@H](C(F)(F)C2CC2)O1.CC1=N[C@](C)(c2ccccc2F)[C@@H](F)[C@@H](C(F)(F)CO)O1. The maximum atomic E-state index is 14.9. The molecular weight excluding hydrogens is 1470 g/mol. The first-order valence-electron chi connectivity index (χ1n) is 32.8. The van der Waals surface area contributed by atoms with Gasteiger partial charge in [0.25, 0.3) is 5.92 Å². The molecule has 1 saturated carbocycles. The van der Waals surface area contributed by atoms with Crippen LogP contribution < -0.4 is 0 Å². The van der Waals surface area contributed by atoms with Crippen LogP contribution in [0.4, 0.5) is 87.8 Å². The fourth-order valence-corrected chi connectivity index (χ4v) is 12.7. The fourth-order valence-electron chi connectivity index (χ4n) is 12.7. The highest BCUT2D eigenvalue weighted by molar-refractivity contribution is 5.77. The topological polar surface area (TPSA) is 169 Å². The molecule has 3 N–H and O–H groups in total. The van der Waals surface area contributed by atoms with Gasteiger partial charge in [0.1, 0.15) is 63.4 Å². The Bertz CT molecular complexity index is 3950. The van der Waals surface area contributed by atoms with Crippen LogP contribution in [-0.2, 0) is 51.4 Å². The molecule has 1 aliphatic carbocycles. The van der Waals surface area contributed by atoms with Crippen molar-refractivity contribution in [3.05, 3.63) is 204 Å². The van der Waals surface area contributed by atoms with E-state index in [0.717, 1.165) is 31.2 Å². The van der Waals surface area contributed by atoms with E-state index >= 15 is 0 Å². The standard InChI is InChI=1S/C16H17F4NO.2C15H15F4NO.C14H15F4NO3.C14H15F4NO2/c1-9-21-15(2,11-5-3-4-6-12(11)17)13(18)14(22-9)16(19,20)10-7-8-10;2*1-4-15(18,19)13-12(17)14(3,20-9(2)21-13)10-7-5-6-8-11(10)16;1-7-19-13(2,8-5-3-4-6-9(8)15)10(16)11(22-7)14(17,18)12(20)21;1-8-19-13(2,9-5-3-4-6-10(9)15)11(16)12(21-8)14(17,18)7-20/h3-6,10,13-14H,7-8H2,1-2H3;2*4-8,12-13H,1H2,2-3H3;3-6,10-12,20-21H,1-2H3;3-6,11-12,20H,7H2,1-2H3/t13-,14-,15+;2*12-,13-,14+;10-,11-,13+;11-,12-,13+/m00000/s1. The minimum absolute atomic E-state index is 0.0400. The largest absolute Gasteiger partial charge is 0.468 e. The van der Waals surface area contributed by atoms with Gasteiger partial charge in [0.2, 0.25) is 24.6 Å². The monoisotopic (exact) mass is 1540 g/mol. The highest BCUT2D eigenvalue weighted by Gasteiger charge is 2.64. The molecule has 15 atom stereocenters. The van der Waals surface area contributed by atoms with Gasteiger partial charge in [-0.2, -0.15) is 35.1 Å². The molecule has 5 aromatic carbocycles. The van der Waals surface area contributed by atoms with E-state index in [0.29, 0.717) is 25.0 Å². The van der Waals surface area contributed by atoms with E-state index in [1.807, 2.05) is 0 Å². The van der Waals surface area contributed by atoms with Crippen molar-refractivity contribution in [2.75, 3.05) is 6.61 Å². The van der Waals surface area contributed by atoms with Gasteiger partial charge < -0.3 is 39.0 Å². The Labute approximate surface area is 602 Å². The van der Waals surface area contributed by atoms with E-state index < -0.39 is 167 Å². The molecule has 5 heterocycles. The molecule has 5 aliphatic heterocycles. The number of aliphatic hydroxyl groups excluding tert-OH is 2. The van der Waals surface area contributed by atoms with Crippen LogP contribution in [0.15, 0.2) is 172 Å². The summed E-state index contributed by atoms with van der Waals surface area (Å²) < 4.78 is 306. The molecule has 13 nitrogen and oxygen atoms in total. The Morgan fingerprint density at radius 3 is 0.841 bits per heavy atom. The van der Waals surface area contributed by atoms with E-state index in [-0.39, 0.29) is 57.3 Å². The van der Waals surface area contributed by atoms with Gasteiger partial charge in [-0.25, -0.2) is 77.6 Å². The number of aliphatic hydroxyl groups is 3. The summed E-state index contributed by atoms with van der Waals surface area (Å²) in [5.74, 6) is -23.9. The Morgan fingerprint density at radius 1 is 0.393 bits per heavy atom. The molecule has 586 valence electrons. The van der Waals surface area contributed by atoms with Crippen molar-refractivity contribution < 1.29 is 127 Å². The van der Waals surface area contributed by atoms with Gasteiger partial charge in [-0.05, 0) is 89.9 Å². The third-order valence-electron chi connectivity index (χ3n) is 18.7. The van der Waals surface area contributed by atoms with E-state index in [1.54, 1.807) is 0 Å². The zero-order valence-corrected chi connectivity index (χ0v) is 58.8. The molecule has 107 heavy (non-hydrogen) atoms. The lowest BCUT2D eigenvalue weighted by Gasteiger charge is -2.41. The zero-order valence-electron chi connectivity index (χ0n) is 58.8. The maximum Gasteiger partial charge on any atom is 0.336 e. The number of halogens is 20. The Kier molecular flexibility index (Phi) is 25.9. The summed E-state index contributed by atoms with van der Waals surface area (Å²) in [6.07, 6.45) is -24.1. The summed E-state index contributed by atoms with van der Waals surface area (Å²) in [5.41, 5.74) is -9.71. The van der Waals surface area contributed by atoms with E-state index in [4.69, 9.17) is 34.3 Å². The summed E-state index contributed by atoms with van der Waals surface area (Å²) in [6, 6.07) is 26.7. The van der Waals surface area contributed by atoms with E-state index in [2.05, 4.69) is 42.9 Å². The summed E-state index contributed by atoms with van der Waals surface area (Å²) in [7, 11) is 0. The second kappa shape index (κ2) is 32.3. The van der Waals surface area contributed by atoms with Crippen LogP contribution in [0.2, 0.25) is 0 Å². The molecule has 33 heteroatoms. The van der Waals surface area contributed by atoms with Gasteiger partial charge >= 0.3 is 23.7 Å². The Hall–Kier alpha value is -8.59. The van der Waals surface area contributed by atoms with Crippen LogP contribution >= 0.6 is 0 Å². The van der Waals surface area contributed by atoms with Gasteiger partial charge in [0.15, 0.2) is 72.6 Å². The number of rotatable bonds is 15. The molecule has 11 rings (SSSR count). The molecular formula is C74H77F20N5O8. The van der Waals surface area contributed by atoms with Crippen molar-refractivity contribution >= 4 is 29.5 Å². The normalized spacial score (nSPS) is 30.1. The molecule has 6 aliphatic rings. The number of ether oxygens (including phenoxy) is 5. The van der Waals surface area contributed by atoms with Crippen LogP contribution in [0.25, 0.3) is 0 Å². The molecule has 0 spiro atoms. The number of hydrogen-bond acceptors (Lipinski definition) is 13. The predicted molar refractivity (Wildman–Crippen MR) is 356 cm³/mol. The highest BCUT2D eigenvalue weighted by Crippen LogP contribution is 2.53. The van der Waals surface area contributed by atoms with Gasteiger partial charge in [0.05, 0.1) is 0 Å². The van der Waals surface area contributed by atoms with Crippen LogP contribution in [0.3, 0.4) is 0 Å². The fraction of sp³-hybridized carbons (Fsp3) is 0.473. The summed E-state index contributed by atoms with van der Waals surface area (Å²) >= 11 is 0. The molecule has 0 unspecified atom stereocenters. The lowest BCUT2D eigenvalue weighted by atomic mass is 9.81. The lowest BCUT2D eigenvalue weighted by molar-refractivity contribution is -0.262. The number of hydrogen-bond donors (Lipinski definition) is 3. The smallest absolute Gasteiger partial charge is 0.336 e. The first-order chi connectivity index (χ1) is 49.5. The first-order valence-corrected chi connectivity index (χ1v) is 32.8. The van der Waals surface area contributed by atoms with Crippen LogP contribution in [0.5, 0.6) is 0 Å². The molecule has 0 aromatic heterocycles. The third kappa shape index (κ3) is 17.5. The van der Waals surface area contributed by atoms with Gasteiger partial charge in [-0.3, -0.25) is 0 Å².